The van der Waals surface area contributed by atoms with Crippen LogP contribution in [0.3, 0.4) is 0 Å². The maximum Gasteiger partial charge on any atom is 0.00442 e. The van der Waals surface area contributed by atoms with Crippen molar-refractivity contribution in [3.63, 3.8) is 0 Å². The van der Waals surface area contributed by atoms with Crippen molar-refractivity contribution >= 4 is 0 Å². The summed E-state index contributed by atoms with van der Waals surface area (Å²) in [4.78, 5) is 0. The van der Waals surface area contributed by atoms with Gasteiger partial charge in [-0.3, -0.25) is 0 Å². The summed E-state index contributed by atoms with van der Waals surface area (Å²) in [6.45, 7) is 7.67. The number of allylic oxidation sites excluding steroid dienone is 3. The molecule has 0 radical (unpaired) electrons. The Morgan fingerprint density at radius 3 is 2.45 bits per heavy atom. The predicted molar refractivity (Wildman–Crippen MR) is 49.8 cm³/mol. The third-order valence-corrected chi connectivity index (χ3v) is 1.62. The molecule has 0 bridgehead atoms. The molecule has 60 valence electrons. The molecule has 0 aromatic heterocycles. The summed E-state index contributed by atoms with van der Waals surface area (Å²) in [5, 5.41) is 0. The first-order valence-electron chi connectivity index (χ1n) is 3.70. The van der Waals surface area contributed by atoms with Crippen molar-refractivity contribution in [3.8, 4) is 12.3 Å². The molecule has 0 aromatic carbocycles. The Kier molecular flexibility index (Phi) is 4.14. The number of rotatable bonds is 3. The molecule has 1 heteroatoms. The third-order valence-electron chi connectivity index (χ3n) is 1.62. The maximum absolute atomic E-state index is 5.62. The van der Waals surface area contributed by atoms with Gasteiger partial charge in [0.2, 0.25) is 0 Å². The van der Waals surface area contributed by atoms with Gasteiger partial charge < -0.3 is 5.73 Å². The van der Waals surface area contributed by atoms with Gasteiger partial charge in [0.05, 0.1) is 0 Å². The van der Waals surface area contributed by atoms with Crippen molar-refractivity contribution in [1.82, 2.24) is 0 Å². The molecular formula is C10H15N. The summed E-state index contributed by atoms with van der Waals surface area (Å²) in [7, 11) is 0. The number of terminal acetylenes is 1. The minimum atomic E-state index is 0.745. The largest absolute Gasteiger partial charge is 0.402 e. The molecule has 0 aliphatic rings. The third kappa shape index (κ3) is 3.52. The molecule has 0 heterocycles. The Balaban J connectivity index is 4.25. The van der Waals surface area contributed by atoms with Gasteiger partial charge in [-0.1, -0.05) is 19.4 Å². The van der Waals surface area contributed by atoms with E-state index in [2.05, 4.69) is 19.4 Å². The Hall–Kier alpha value is -1.16. The zero-order chi connectivity index (χ0) is 8.85. The molecule has 0 saturated carbocycles. The highest BCUT2D eigenvalue weighted by Gasteiger charge is 1.98. The molecule has 0 aliphatic heterocycles. The topological polar surface area (TPSA) is 26.0 Å². The summed E-state index contributed by atoms with van der Waals surface area (Å²) in [5.74, 6) is 2.50. The van der Waals surface area contributed by atoms with Crippen LogP contribution >= 0.6 is 0 Å². The molecule has 2 N–H and O–H groups in total. The molecule has 0 spiro atoms. The molecule has 1 nitrogen and oxygen atoms in total. The van der Waals surface area contributed by atoms with Crippen molar-refractivity contribution in [3.05, 3.63) is 23.4 Å². The van der Waals surface area contributed by atoms with Gasteiger partial charge in [-0.05, 0) is 24.5 Å². The highest BCUT2D eigenvalue weighted by atomic mass is 14.6. The van der Waals surface area contributed by atoms with E-state index in [-0.39, 0.29) is 0 Å². The Morgan fingerprint density at radius 1 is 1.64 bits per heavy atom. The Bertz CT molecular complexity index is 212. The summed E-state index contributed by atoms with van der Waals surface area (Å²) in [6.07, 6.45) is 6.86. The van der Waals surface area contributed by atoms with Gasteiger partial charge in [0.15, 0.2) is 0 Å². The first-order valence-corrected chi connectivity index (χ1v) is 3.70. The fourth-order valence-corrected chi connectivity index (χ4v) is 0.852. The van der Waals surface area contributed by atoms with Gasteiger partial charge in [0, 0.05) is 12.1 Å². The van der Waals surface area contributed by atoms with Crippen LogP contribution in [0.1, 0.15) is 26.7 Å². The zero-order valence-corrected chi connectivity index (χ0v) is 7.28. The molecule has 0 unspecified atom stereocenters. The highest BCUT2D eigenvalue weighted by Crippen LogP contribution is 2.13. The normalized spacial score (nSPS) is 11.7. The lowest BCUT2D eigenvalue weighted by Crippen LogP contribution is -1.98. The smallest absolute Gasteiger partial charge is 0.00442 e. The average molecular weight is 149 g/mol. The summed E-state index contributed by atoms with van der Waals surface area (Å²) in [6, 6.07) is 0. The summed E-state index contributed by atoms with van der Waals surface area (Å²) in [5.41, 5.74) is 8.47. The van der Waals surface area contributed by atoms with Gasteiger partial charge >= 0.3 is 0 Å². The van der Waals surface area contributed by atoms with Gasteiger partial charge in [0.25, 0.3) is 0 Å². The van der Waals surface area contributed by atoms with E-state index in [1.165, 1.54) is 5.57 Å². The summed E-state index contributed by atoms with van der Waals surface area (Å²) < 4.78 is 0. The standard InChI is InChI=1S/C10H15N/c1-5-8(3)7-10(6-2)9(4)11/h1H,3,6-7,11H2,2,4H3/b10-9+. The number of nitrogens with two attached hydrogens (primary N) is 1. The molecule has 0 aliphatic carbocycles. The van der Waals surface area contributed by atoms with Crippen molar-refractivity contribution < 1.29 is 0 Å². The van der Waals surface area contributed by atoms with Gasteiger partial charge in [0.1, 0.15) is 0 Å². The van der Waals surface area contributed by atoms with Crippen LogP contribution in [0.15, 0.2) is 23.4 Å². The molecule has 0 rings (SSSR count). The van der Waals surface area contributed by atoms with Gasteiger partial charge in [-0.2, -0.15) is 0 Å². The first-order chi connectivity index (χ1) is 5.11. The number of hydrogen-bond acceptors (Lipinski definition) is 1. The number of hydrogen-bond donors (Lipinski definition) is 1. The fraction of sp³-hybridized carbons (Fsp3) is 0.400. The van der Waals surface area contributed by atoms with E-state index in [0.29, 0.717) is 0 Å². The van der Waals surface area contributed by atoms with Crippen molar-refractivity contribution in [2.75, 3.05) is 0 Å². The predicted octanol–water partition coefficient (Wildman–Crippen LogP) is 2.21. The van der Waals surface area contributed by atoms with Crippen LogP contribution in [-0.2, 0) is 0 Å². The van der Waals surface area contributed by atoms with E-state index < -0.39 is 0 Å². The van der Waals surface area contributed by atoms with Crippen molar-refractivity contribution in [1.29, 1.82) is 0 Å². The highest BCUT2D eigenvalue weighted by molar-refractivity contribution is 5.28. The summed E-state index contributed by atoms with van der Waals surface area (Å²) >= 11 is 0. The lowest BCUT2D eigenvalue weighted by molar-refractivity contribution is 0.969. The van der Waals surface area contributed by atoms with Gasteiger partial charge in [-0.15, -0.1) is 6.42 Å². The average Bonchev–Trinajstić information content (AvgIpc) is 1.99. The molecule has 0 aromatic rings. The van der Waals surface area contributed by atoms with E-state index >= 15 is 0 Å². The first kappa shape index (κ1) is 9.84. The van der Waals surface area contributed by atoms with Crippen LogP contribution in [0.2, 0.25) is 0 Å². The Morgan fingerprint density at radius 2 is 2.18 bits per heavy atom. The van der Waals surface area contributed by atoms with E-state index in [1.54, 1.807) is 0 Å². The van der Waals surface area contributed by atoms with Crippen LogP contribution in [0.4, 0.5) is 0 Å². The van der Waals surface area contributed by atoms with Crippen molar-refractivity contribution in [2.24, 2.45) is 5.73 Å². The van der Waals surface area contributed by atoms with Crippen LogP contribution in [0.25, 0.3) is 0 Å². The molecule has 0 fully saturated rings. The van der Waals surface area contributed by atoms with E-state index in [1.807, 2.05) is 6.92 Å². The van der Waals surface area contributed by atoms with Crippen LogP contribution in [0.5, 0.6) is 0 Å². The molecule has 0 saturated heterocycles. The minimum Gasteiger partial charge on any atom is -0.402 e. The molecule has 0 amide bonds. The monoisotopic (exact) mass is 149 g/mol. The zero-order valence-electron chi connectivity index (χ0n) is 7.28. The quantitative estimate of drug-likeness (QED) is 0.612. The second kappa shape index (κ2) is 4.62. The van der Waals surface area contributed by atoms with E-state index in [4.69, 9.17) is 12.2 Å². The molecule has 0 atom stereocenters. The fourth-order valence-electron chi connectivity index (χ4n) is 0.852. The van der Waals surface area contributed by atoms with Crippen LogP contribution in [0, 0.1) is 12.3 Å². The maximum atomic E-state index is 5.62. The molecule has 11 heavy (non-hydrogen) atoms. The van der Waals surface area contributed by atoms with Crippen LogP contribution < -0.4 is 5.73 Å². The lowest BCUT2D eigenvalue weighted by Gasteiger charge is -2.04. The van der Waals surface area contributed by atoms with Crippen molar-refractivity contribution in [2.45, 2.75) is 26.7 Å². The second-order valence-electron chi connectivity index (χ2n) is 2.56. The lowest BCUT2D eigenvalue weighted by atomic mass is 10.0. The molecular weight excluding hydrogens is 134 g/mol. The Labute approximate surface area is 69.0 Å². The second-order valence-corrected chi connectivity index (χ2v) is 2.56. The van der Waals surface area contributed by atoms with Crippen LogP contribution in [-0.4, -0.2) is 0 Å². The van der Waals surface area contributed by atoms with E-state index in [9.17, 15) is 0 Å². The van der Waals surface area contributed by atoms with Gasteiger partial charge in [-0.25, -0.2) is 0 Å². The van der Waals surface area contributed by atoms with E-state index in [0.717, 1.165) is 24.1 Å². The SMILES string of the molecule is C#CC(=C)C/C(CC)=C(\C)N. The minimum absolute atomic E-state index is 0.745.